The number of carbonyl (C=O) groups is 3. The highest BCUT2D eigenvalue weighted by Crippen LogP contribution is 2.16. The van der Waals surface area contributed by atoms with Crippen LogP contribution in [0, 0.1) is 0 Å². The Morgan fingerprint density at radius 1 is 0.282 bits per heavy atom. The maximum Gasteiger partial charge on any atom is 0.306 e. The molecule has 0 radical (unpaired) electrons. The molecule has 1 unspecified atom stereocenters. The van der Waals surface area contributed by atoms with Crippen molar-refractivity contribution in [3.05, 3.63) is 48.6 Å². The van der Waals surface area contributed by atoms with Gasteiger partial charge in [0, 0.05) is 19.3 Å². The first-order valence-corrected chi connectivity index (χ1v) is 31.1. The van der Waals surface area contributed by atoms with E-state index in [-0.39, 0.29) is 31.1 Å². The highest BCUT2D eigenvalue weighted by atomic mass is 16.6. The number of hydrogen-bond donors (Lipinski definition) is 0. The maximum absolute atomic E-state index is 12.9. The van der Waals surface area contributed by atoms with E-state index >= 15 is 0 Å². The van der Waals surface area contributed by atoms with Gasteiger partial charge in [0.05, 0.1) is 0 Å². The van der Waals surface area contributed by atoms with Gasteiger partial charge < -0.3 is 14.2 Å². The third kappa shape index (κ3) is 58.1. The Morgan fingerprint density at radius 2 is 0.507 bits per heavy atom. The number of rotatable bonds is 57. The predicted molar refractivity (Wildman–Crippen MR) is 307 cm³/mol. The van der Waals surface area contributed by atoms with Crippen LogP contribution in [0.5, 0.6) is 0 Å². The molecule has 6 heteroatoms. The molecular formula is C65H118O6. The zero-order chi connectivity index (χ0) is 51.4. The van der Waals surface area contributed by atoms with Crippen LogP contribution in [0.3, 0.4) is 0 Å². The standard InChI is InChI=1S/C65H118O6/c1-4-7-10-13-16-19-22-25-28-31-33-35-37-40-43-46-49-52-55-58-64(67)70-61-62(60-69-63(66)57-54-51-48-45-42-39-36-30-27-24-21-18-15-12-9-6-3)71-65(68)59-56-53-50-47-44-41-38-34-32-29-26-23-20-17-14-11-8-5-2/h21,24-25,28-30,32,36,62H,4-20,22-23,26-27,31,33-35,37-61H2,1-3H3/b24-21-,28-25-,32-29-,36-30-. The van der Waals surface area contributed by atoms with E-state index in [1.54, 1.807) is 0 Å². The SMILES string of the molecule is CCCCCC/C=C\C/C=C\CCCCCCCC(=O)OCC(COC(=O)CCCCCCCCCCC/C=C\CCCCCCCC)OC(=O)CCCCCCCCC/C=C\CCCCCCCCC. The summed E-state index contributed by atoms with van der Waals surface area (Å²) in [7, 11) is 0. The molecule has 0 aliphatic carbocycles. The molecule has 0 bridgehead atoms. The van der Waals surface area contributed by atoms with E-state index in [0.717, 1.165) is 77.0 Å². The van der Waals surface area contributed by atoms with Gasteiger partial charge in [0.2, 0.25) is 0 Å². The maximum atomic E-state index is 12.9. The Labute approximate surface area is 441 Å². The average molecular weight is 996 g/mol. The zero-order valence-electron chi connectivity index (χ0n) is 47.5. The summed E-state index contributed by atoms with van der Waals surface area (Å²) in [6.45, 7) is 6.64. The molecule has 0 amide bonds. The van der Waals surface area contributed by atoms with Crippen molar-refractivity contribution in [2.75, 3.05) is 13.2 Å². The second-order valence-corrected chi connectivity index (χ2v) is 21.0. The summed E-state index contributed by atoms with van der Waals surface area (Å²) in [5.41, 5.74) is 0. The van der Waals surface area contributed by atoms with E-state index < -0.39 is 6.10 Å². The molecule has 0 rings (SSSR count). The molecule has 0 saturated heterocycles. The quantitative estimate of drug-likeness (QED) is 0.0261. The van der Waals surface area contributed by atoms with Crippen molar-refractivity contribution >= 4 is 17.9 Å². The van der Waals surface area contributed by atoms with Crippen molar-refractivity contribution < 1.29 is 28.6 Å². The van der Waals surface area contributed by atoms with Crippen LogP contribution >= 0.6 is 0 Å². The lowest BCUT2D eigenvalue weighted by molar-refractivity contribution is -0.167. The van der Waals surface area contributed by atoms with Gasteiger partial charge in [-0.05, 0) is 103 Å². The number of hydrogen-bond acceptors (Lipinski definition) is 6. The van der Waals surface area contributed by atoms with Gasteiger partial charge in [0.15, 0.2) is 6.10 Å². The summed E-state index contributed by atoms with van der Waals surface area (Å²) in [6.07, 6.45) is 73.9. The topological polar surface area (TPSA) is 78.9 Å². The second-order valence-electron chi connectivity index (χ2n) is 21.0. The minimum atomic E-state index is -0.782. The van der Waals surface area contributed by atoms with Gasteiger partial charge in [0.1, 0.15) is 13.2 Å². The molecule has 414 valence electrons. The first kappa shape index (κ1) is 68.4. The molecule has 0 aromatic carbocycles. The van der Waals surface area contributed by atoms with Crippen LogP contribution in [0.15, 0.2) is 48.6 Å². The molecule has 6 nitrogen and oxygen atoms in total. The molecule has 0 aliphatic heterocycles. The first-order chi connectivity index (χ1) is 35.0. The molecule has 0 saturated carbocycles. The zero-order valence-corrected chi connectivity index (χ0v) is 47.5. The van der Waals surface area contributed by atoms with E-state index in [9.17, 15) is 14.4 Å². The van der Waals surface area contributed by atoms with Crippen LogP contribution in [-0.2, 0) is 28.6 Å². The fraction of sp³-hybridized carbons (Fsp3) is 0.831. The summed E-state index contributed by atoms with van der Waals surface area (Å²) < 4.78 is 16.9. The van der Waals surface area contributed by atoms with Gasteiger partial charge >= 0.3 is 17.9 Å². The fourth-order valence-corrected chi connectivity index (χ4v) is 9.05. The van der Waals surface area contributed by atoms with Crippen molar-refractivity contribution in [1.82, 2.24) is 0 Å². The number of unbranched alkanes of at least 4 members (excludes halogenated alkanes) is 38. The Morgan fingerprint density at radius 3 is 0.803 bits per heavy atom. The number of carbonyl (C=O) groups excluding carboxylic acids is 3. The monoisotopic (exact) mass is 995 g/mol. The Balaban J connectivity index is 4.37. The van der Waals surface area contributed by atoms with Crippen LogP contribution in [0.2, 0.25) is 0 Å². The molecule has 0 aliphatic rings. The van der Waals surface area contributed by atoms with Crippen LogP contribution in [-0.4, -0.2) is 37.2 Å². The van der Waals surface area contributed by atoms with Gasteiger partial charge in [-0.2, -0.15) is 0 Å². The smallest absolute Gasteiger partial charge is 0.306 e. The van der Waals surface area contributed by atoms with Gasteiger partial charge in [-0.25, -0.2) is 0 Å². The molecule has 0 fully saturated rings. The van der Waals surface area contributed by atoms with Crippen molar-refractivity contribution in [2.24, 2.45) is 0 Å². The normalized spacial score (nSPS) is 12.3. The molecule has 0 heterocycles. The van der Waals surface area contributed by atoms with Crippen LogP contribution in [0.4, 0.5) is 0 Å². The highest BCUT2D eigenvalue weighted by Gasteiger charge is 2.19. The Hall–Kier alpha value is -2.63. The average Bonchev–Trinajstić information content (AvgIpc) is 3.37. The van der Waals surface area contributed by atoms with Gasteiger partial charge in [-0.1, -0.05) is 256 Å². The number of allylic oxidation sites excluding steroid dienone is 8. The number of ether oxygens (including phenoxy) is 3. The van der Waals surface area contributed by atoms with Gasteiger partial charge in [-0.3, -0.25) is 14.4 Å². The Bertz CT molecular complexity index is 1230. The molecular weight excluding hydrogens is 877 g/mol. The lowest BCUT2D eigenvalue weighted by Gasteiger charge is -2.18. The third-order valence-electron chi connectivity index (χ3n) is 13.8. The molecule has 1 atom stereocenters. The summed E-state index contributed by atoms with van der Waals surface area (Å²) in [4.78, 5) is 38.3. The van der Waals surface area contributed by atoms with Crippen molar-refractivity contribution in [2.45, 2.75) is 335 Å². The van der Waals surface area contributed by atoms with E-state index in [4.69, 9.17) is 14.2 Å². The van der Waals surface area contributed by atoms with Crippen molar-refractivity contribution in [1.29, 1.82) is 0 Å². The third-order valence-corrected chi connectivity index (χ3v) is 13.8. The van der Waals surface area contributed by atoms with Gasteiger partial charge in [0.25, 0.3) is 0 Å². The van der Waals surface area contributed by atoms with E-state index in [1.165, 1.54) is 212 Å². The summed E-state index contributed by atoms with van der Waals surface area (Å²) in [5.74, 6) is -0.881. The minimum absolute atomic E-state index is 0.0785. The first-order valence-electron chi connectivity index (χ1n) is 31.1. The second kappa shape index (κ2) is 59.9. The van der Waals surface area contributed by atoms with Crippen LogP contribution < -0.4 is 0 Å². The van der Waals surface area contributed by atoms with Crippen LogP contribution in [0.1, 0.15) is 329 Å². The predicted octanol–water partition coefficient (Wildman–Crippen LogP) is 21.0. The van der Waals surface area contributed by atoms with Gasteiger partial charge in [-0.15, -0.1) is 0 Å². The minimum Gasteiger partial charge on any atom is -0.462 e. The number of esters is 3. The van der Waals surface area contributed by atoms with Crippen LogP contribution in [0.25, 0.3) is 0 Å². The summed E-state index contributed by atoms with van der Waals surface area (Å²) in [6, 6.07) is 0. The summed E-state index contributed by atoms with van der Waals surface area (Å²) >= 11 is 0. The largest absolute Gasteiger partial charge is 0.462 e. The lowest BCUT2D eigenvalue weighted by Crippen LogP contribution is -2.30. The van der Waals surface area contributed by atoms with Crippen molar-refractivity contribution in [3.8, 4) is 0 Å². The summed E-state index contributed by atoms with van der Waals surface area (Å²) in [5, 5.41) is 0. The fourth-order valence-electron chi connectivity index (χ4n) is 9.05. The highest BCUT2D eigenvalue weighted by molar-refractivity contribution is 5.71. The van der Waals surface area contributed by atoms with Crippen molar-refractivity contribution in [3.63, 3.8) is 0 Å². The molecule has 0 spiro atoms. The van der Waals surface area contributed by atoms with E-state index in [0.29, 0.717) is 19.3 Å². The van der Waals surface area contributed by atoms with E-state index in [2.05, 4.69) is 69.4 Å². The molecule has 0 aromatic heterocycles. The van der Waals surface area contributed by atoms with E-state index in [1.807, 2.05) is 0 Å². The molecule has 0 aromatic rings. The molecule has 71 heavy (non-hydrogen) atoms. The Kier molecular flexibility index (Phi) is 57.7. The molecule has 0 N–H and O–H groups in total. The lowest BCUT2D eigenvalue weighted by atomic mass is 10.1.